The van der Waals surface area contributed by atoms with Crippen LogP contribution in [0.3, 0.4) is 0 Å². The van der Waals surface area contributed by atoms with Crippen LogP contribution in [0, 0.1) is 5.92 Å². The second-order valence-electron chi connectivity index (χ2n) is 5.61. The van der Waals surface area contributed by atoms with E-state index in [1.54, 1.807) is 0 Å². The van der Waals surface area contributed by atoms with E-state index in [4.69, 9.17) is 4.74 Å². The predicted molar refractivity (Wildman–Crippen MR) is 87.5 cm³/mol. The summed E-state index contributed by atoms with van der Waals surface area (Å²) in [6.45, 7) is 5.03. The molecule has 1 heterocycles. The fourth-order valence-corrected chi connectivity index (χ4v) is 2.35. The van der Waals surface area contributed by atoms with Crippen molar-refractivity contribution < 1.29 is 4.74 Å². The number of nitrogens with zero attached hydrogens (tertiary/aromatic N) is 1. The quantitative estimate of drug-likeness (QED) is 0.674. The summed E-state index contributed by atoms with van der Waals surface area (Å²) in [5.41, 5.74) is 2.09. The Labute approximate surface area is 125 Å². The zero-order valence-electron chi connectivity index (χ0n) is 12.4. The van der Waals surface area contributed by atoms with E-state index >= 15 is 0 Å². The highest BCUT2D eigenvalue weighted by atomic mass is 16.5. The molecular formula is C19H19NO. The highest BCUT2D eigenvalue weighted by Gasteiger charge is 2.06. The summed E-state index contributed by atoms with van der Waals surface area (Å²) < 4.78 is 5.81. The molecule has 0 saturated carbocycles. The maximum absolute atomic E-state index is 5.81. The first-order valence-corrected chi connectivity index (χ1v) is 7.31. The molecule has 0 N–H and O–H groups in total. The molecule has 0 aliphatic heterocycles. The summed E-state index contributed by atoms with van der Waals surface area (Å²) in [5.74, 6) is 1.42. The first-order chi connectivity index (χ1) is 10.2. The molecule has 0 saturated heterocycles. The summed E-state index contributed by atoms with van der Waals surface area (Å²) in [5, 5.41) is 2.37. The van der Waals surface area contributed by atoms with Crippen molar-refractivity contribution in [3.05, 3.63) is 60.8 Å². The summed E-state index contributed by atoms with van der Waals surface area (Å²) in [7, 11) is 0. The number of fused-ring (bicyclic) bond motifs is 1. The Kier molecular flexibility index (Phi) is 3.87. The van der Waals surface area contributed by atoms with Crippen molar-refractivity contribution in [1.29, 1.82) is 0 Å². The number of rotatable bonds is 4. The number of benzene rings is 2. The second kappa shape index (κ2) is 5.96. The van der Waals surface area contributed by atoms with Gasteiger partial charge in [-0.05, 0) is 29.5 Å². The van der Waals surface area contributed by atoms with Crippen molar-refractivity contribution in [1.82, 2.24) is 4.98 Å². The molecule has 0 bridgehead atoms. The number of hydrogen-bond acceptors (Lipinski definition) is 2. The smallest absolute Gasteiger partial charge is 0.119 e. The standard InChI is InChI=1S/C19H19NO/c1-14(2)13-21-17-8-5-7-16(12-17)19-18-9-4-3-6-15(18)10-11-20-19/h3-12,14H,13H2,1-2H3. The Morgan fingerprint density at radius 2 is 1.86 bits per heavy atom. The highest BCUT2D eigenvalue weighted by Crippen LogP contribution is 2.28. The average Bonchev–Trinajstić information content (AvgIpc) is 2.52. The van der Waals surface area contributed by atoms with E-state index < -0.39 is 0 Å². The third-order valence-electron chi connectivity index (χ3n) is 3.36. The number of pyridine rings is 1. The molecule has 3 rings (SSSR count). The van der Waals surface area contributed by atoms with E-state index in [2.05, 4.69) is 43.1 Å². The van der Waals surface area contributed by atoms with Crippen molar-refractivity contribution in [3.8, 4) is 17.0 Å². The van der Waals surface area contributed by atoms with Crippen molar-refractivity contribution in [2.45, 2.75) is 13.8 Å². The van der Waals surface area contributed by atoms with Crippen LogP contribution in [0.5, 0.6) is 5.75 Å². The van der Waals surface area contributed by atoms with Crippen LogP contribution in [0.4, 0.5) is 0 Å². The lowest BCUT2D eigenvalue weighted by Gasteiger charge is -2.11. The van der Waals surface area contributed by atoms with E-state index in [1.807, 2.05) is 36.5 Å². The lowest BCUT2D eigenvalue weighted by atomic mass is 10.0. The molecule has 3 aromatic rings. The first kappa shape index (κ1) is 13.6. The Bertz CT molecular complexity index is 744. The molecule has 2 heteroatoms. The Morgan fingerprint density at radius 3 is 2.71 bits per heavy atom. The molecule has 1 aromatic heterocycles. The predicted octanol–water partition coefficient (Wildman–Crippen LogP) is 4.94. The van der Waals surface area contributed by atoms with E-state index in [1.165, 1.54) is 10.8 Å². The SMILES string of the molecule is CC(C)COc1cccc(-c2nccc3ccccc23)c1. The number of ether oxygens (including phenoxy) is 1. The van der Waals surface area contributed by atoms with E-state index in [0.29, 0.717) is 5.92 Å². The fourth-order valence-electron chi connectivity index (χ4n) is 2.35. The van der Waals surface area contributed by atoms with Crippen LogP contribution >= 0.6 is 0 Å². The van der Waals surface area contributed by atoms with Crippen LogP contribution in [0.1, 0.15) is 13.8 Å². The van der Waals surface area contributed by atoms with E-state index in [-0.39, 0.29) is 0 Å². The van der Waals surface area contributed by atoms with Gasteiger partial charge in [0, 0.05) is 17.1 Å². The van der Waals surface area contributed by atoms with Crippen LogP contribution in [-0.2, 0) is 0 Å². The lowest BCUT2D eigenvalue weighted by Crippen LogP contribution is -2.04. The Morgan fingerprint density at radius 1 is 1.00 bits per heavy atom. The van der Waals surface area contributed by atoms with Crippen molar-refractivity contribution in [3.63, 3.8) is 0 Å². The third-order valence-corrected chi connectivity index (χ3v) is 3.36. The zero-order chi connectivity index (χ0) is 14.7. The molecule has 2 aromatic carbocycles. The van der Waals surface area contributed by atoms with Crippen LogP contribution in [0.25, 0.3) is 22.0 Å². The maximum atomic E-state index is 5.81. The van der Waals surface area contributed by atoms with Crippen molar-refractivity contribution in [2.24, 2.45) is 5.92 Å². The van der Waals surface area contributed by atoms with Gasteiger partial charge in [0.1, 0.15) is 5.75 Å². The van der Waals surface area contributed by atoms with Gasteiger partial charge in [0.05, 0.1) is 12.3 Å². The average molecular weight is 277 g/mol. The molecule has 2 nitrogen and oxygen atoms in total. The first-order valence-electron chi connectivity index (χ1n) is 7.31. The van der Waals surface area contributed by atoms with E-state index in [0.717, 1.165) is 23.6 Å². The van der Waals surface area contributed by atoms with Crippen LogP contribution in [0.2, 0.25) is 0 Å². The monoisotopic (exact) mass is 277 g/mol. The summed E-state index contributed by atoms with van der Waals surface area (Å²) in [6, 6.07) is 18.5. The Balaban J connectivity index is 2.01. The normalized spacial score (nSPS) is 11.0. The molecule has 21 heavy (non-hydrogen) atoms. The van der Waals surface area contributed by atoms with Gasteiger partial charge in [0.2, 0.25) is 0 Å². The lowest BCUT2D eigenvalue weighted by molar-refractivity contribution is 0.271. The minimum Gasteiger partial charge on any atom is -0.493 e. The molecule has 0 fully saturated rings. The van der Waals surface area contributed by atoms with Crippen molar-refractivity contribution in [2.75, 3.05) is 6.61 Å². The minimum atomic E-state index is 0.518. The third kappa shape index (κ3) is 3.05. The largest absolute Gasteiger partial charge is 0.493 e. The molecule has 0 unspecified atom stereocenters. The molecule has 0 amide bonds. The second-order valence-corrected chi connectivity index (χ2v) is 5.61. The van der Waals surface area contributed by atoms with Gasteiger partial charge in [0.25, 0.3) is 0 Å². The molecule has 0 aliphatic carbocycles. The highest BCUT2D eigenvalue weighted by molar-refractivity contribution is 5.94. The minimum absolute atomic E-state index is 0.518. The van der Waals surface area contributed by atoms with Gasteiger partial charge in [-0.2, -0.15) is 0 Å². The topological polar surface area (TPSA) is 22.1 Å². The maximum Gasteiger partial charge on any atom is 0.119 e. The van der Waals surface area contributed by atoms with Gasteiger partial charge in [-0.1, -0.05) is 50.2 Å². The molecule has 0 aliphatic rings. The van der Waals surface area contributed by atoms with Crippen LogP contribution in [-0.4, -0.2) is 11.6 Å². The summed E-state index contributed by atoms with van der Waals surface area (Å²) in [4.78, 5) is 4.56. The van der Waals surface area contributed by atoms with Gasteiger partial charge >= 0.3 is 0 Å². The molecule has 0 radical (unpaired) electrons. The molecule has 0 atom stereocenters. The fraction of sp³-hybridized carbons (Fsp3) is 0.211. The summed E-state index contributed by atoms with van der Waals surface area (Å²) >= 11 is 0. The number of aromatic nitrogens is 1. The molecule has 106 valence electrons. The summed E-state index contributed by atoms with van der Waals surface area (Å²) in [6.07, 6.45) is 1.86. The van der Waals surface area contributed by atoms with Gasteiger partial charge in [-0.15, -0.1) is 0 Å². The number of hydrogen-bond donors (Lipinski definition) is 0. The molecular weight excluding hydrogens is 258 g/mol. The van der Waals surface area contributed by atoms with Gasteiger partial charge in [-0.25, -0.2) is 0 Å². The van der Waals surface area contributed by atoms with Gasteiger partial charge in [-0.3, -0.25) is 4.98 Å². The van der Waals surface area contributed by atoms with Crippen LogP contribution < -0.4 is 4.74 Å². The van der Waals surface area contributed by atoms with Crippen molar-refractivity contribution >= 4 is 10.8 Å². The van der Waals surface area contributed by atoms with Crippen LogP contribution in [0.15, 0.2) is 60.8 Å². The Hall–Kier alpha value is -2.35. The van der Waals surface area contributed by atoms with Gasteiger partial charge in [0.15, 0.2) is 0 Å². The van der Waals surface area contributed by atoms with Gasteiger partial charge < -0.3 is 4.74 Å². The molecule has 0 spiro atoms. The zero-order valence-corrected chi connectivity index (χ0v) is 12.4. The van der Waals surface area contributed by atoms with E-state index in [9.17, 15) is 0 Å².